The highest BCUT2D eigenvalue weighted by Crippen LogP contribution is 2.22. The van der Waals surface area contributed by atoms with Crippen molar-refractivity contribution >= 4 is 5.91 Å². The summed E-state index contributed by atoms with van der Waals surface area (Å²) < 4.78 is 1.84. The number of amides is 1. The molecule has 1 heterocycles. The van der Waals surface area contributed by atoms with Gasteiger partial charge in [-0.2, -0.15) is 5.10 Å². The Morgan fingerprint density at radius 2 is 1.95 bits per heavy atom. The van der Waals surface area contributed by atoms with Crippen molar-refractivity contribution in [3.05, 3.63) is 52.8 Å². The number of aromatic nitrogens is 2. The van der Waals surface area contributed by atoms with E-state index >= 15 is 0 Å². The quantitative estimate of drug-likeness (QED) is 0.834. The zero-order valence-electron chi connectivity index (χ0n) is 13.9. The average Bonchev–Trinajstić information content (AvgIpc) is 2.76. The first-order chi connectivity index (χ1) is 10.5. The van der Waals surface area contributed by atoms with E-state index in [0.29, 0.717) is 6.54 Å². The van der Waals surface area contributed by atoms with E-state index in [1.54, 1.807) is 0 Å². The van der Waals surface area contributed by atoms with Crippen LogP contribution in [0.5, 0.6) is 0 Å². The molecule has 0 spiro atoms. The number of benzene rings is 1. The van der Waals surface area contributed by atoms with Crippen LogP contribution in [0.2, 0.25) is 0 Å². The van der Waals surface area contributed by atoms with Crippen LogP contribution in [0.3, 0.4) is 0 Å². The van der Waals surface area contributed by atoms with Crippen molar-refractivity contribution < 1.29 is 4.79 Å². The molecule has 1 aromatic heterocycles. The molecule has 0 bridgehead atoms. The summed E-state index contributed by atoms with van der Waals surface area (Å²) in [6.45, 7) is 6.62. The SMILES string of the molecule is Cc1nn(C)c(C)c1[C@H](C)C(=O)NCCCc1ccccc1. The van der Waals surface area contributed by atoms with Crippen LogP contribution in [-0.2, 0) is 18.3 Å². The minimum absolute atomic E-state index is 0.0762. The lowest BCUT2D eigenvalue weighted by Gasteiger charge is -2.13. The molecular weight excluding hydrogens is 274 g/mol. The highest BCUT2D eigenvalue weighted by Gasteiger charge is 2.22. The lowest BCUT2D eigenvalue weighted by atomic mass is 9.98. The van der Waals surface area contributed by atoms with Crippen molar-refractivity contribution in [3.8, 4) is 0 Å². The van der Waals surface area contributed by atoms with Crippen LogP contribution >= 0.6 is 0 Å². The second kappa shape index (κ2) is 7.25. The maximum Gasteiger partial charge on any atom is 0.227 e. The van der Waals surface area contributed by atoms with E-state index in [-0.39, 0.29) is 11.8 Å². The molecule has 4 nitrogen and oxygen atoms in total. The van der Waals surface area contributed by atoms with Gasteiger partial charge in [0.1, 0.15) is 0 Å². The first-order valence-electron chi connectivity index (χ1n) is 7.82. The largest absolute Gasteiger partial charge is 0.356 e. The third-order valence-electron chi connectivity index (χ3n) is 4.18. The summed E-state index contributed by atoms with van der Waals surface area (Å²) in [6.07, 6.45) is 1.94. The third-order valence-corrected chi connectivity index (χ3v) is 4.18. The standard InChI is InChI=1S/C18H25N3O/c1-13(17-14(2)20-21(4)15(17)3)18(22)19-12-8-11-16-9-6-5-7-10-16/h5-7,9-10,13H,8,11-12H2,1-4H3,(H,19,22)/t13-/m0/s1. The average molecular weight is 299 g/mol. The Bertz CT molecular complexity index is 631. The number of hydrogen-bond donors (Lipinski definition) is 1. The van der Waals surface area contributed by atoms with Crippen molar-refractivity contribution in [2.75, 3.05) is 6.54 Å². The highest BCUT2D eigenvalue weighted by molar-refractivity contribution is 5.83. The molecule has 22 heavy (non-hydrogen) atoms. The number of hydrogen-bond acceptors (Lipinski definition) is 2. The molecule has 1 aromatic carbocycles. The highest BCUT2D eigenvalue weighted by atomic mass is 16.1. The summed E-state index contributed by atoms with van der Waals surface area (Å²) in [5, 5.41) is 7.43. The monoisotopic (exact) mass is 299 g/mol. The topological polar surface area (TPSA) is 46.9 Å². The van der Waals surface area contributed by atoms with Crippen molar-refractivity contribution in [3.63, 3.8) is 0 Å². The van der Waals surface area contributed by atoms with Gasteiger partial charge in [-0.3, -0.25) is 9.48 Å². The Kier molecular flexibility index (Phi) is 5.36. The van der Waals surface area contributed by atoms with E-state index < -0.39 is 0 Å². The smallest absolute Gasteiger partial charge is 0.227 e. The van der Waals surface area contributed by atoms with Gasteiger partial charge in [0.15, 0.2) is 0 Å². The molecule has 0 saturated carbocycles. The Labute approximate surface area is 132 Å². The summed E-state index contributed by atoms with van der Waals surface area (Å²) >= 11 is 0. The predicted octanol–water partition coefficient (Wildman–Crippen LogP) is 2.89. The molecule has 0 aliphatic heterocycles. The lowest BCUT2D eigenvalue weighted by molar-refractivity contribution is -0.122. The Morgan fingerprint density at radius 1 is 1.27 bits per heavy atom. The maximum absolute atomic E-state index is 12.3. The van der Waals surface area contributed by atoms with Gasteiger partial charge < -0.3 is 5.32 Å². The molecule has 4 heteroatoms. The molecule has 1 N–H and O–H groups in total. The Hall–Kier alpha value is -2.10. The molecular formula is C18H25N3O. The fraction of sp³-hybridized carbons (Fsp3) is 0.444. The fourth-order valence-corrected chi connectivity index (χ4v) is 2.85. The summed E-state index contributed by atoms with van der Waals surface area (Å²) in [6, 6.07) is 10.3. The number of carbonyl (C=O) groups is 1. The molecule has 0 aliphatic rings. The molecule has 1 atom stereocenters. The van der Waals surface area contributed by atoms with Crippen LogP contribution in [0.1, 0.15) is 41.8 Å². The number of aryl methyl sites for hydroxylation is 3. The second-order valence-electron chi connectivity index (χ2n) is 5.81. The van der Waals surface area contributed by atoms with Gasteiger partial charge >= 0.3 is 0 Å². The van der Waals surface area contributed by atoms with Gasteiger partial charge in [-0.05, 0) is 39.2 Å². The number of rotatable bonds is 6. The van der Waals surface area contributed by atoms with Crippen LogP contribution in [-0.4, -0.2) is 22.2 Å². The second-order valence-corrected chi connectivity index (χ2v) is 5.81. The van der Waals surface area contributed by atoms with E-state index in [4.69, 9.17) is 0 Å². The normalized spacial score (nSPS) is 12.2. The van der Waals surface area contributed by atoms with Crippen molar-refractivity contribution in [2.24, 2.45) is 7.05 Å². The number of nitrogens with zero attached hydrogens (tertiary/aromatic N) is 2. The first-order valence-corrected chi connectivity index (χ1v) is 7.82. The van der Waals surface area contributed by atoms with Gasteiger partial charge in [0.2, 0.25) is 5.91 Å². The van der Waals surface area contributed by atoms with E-state index in [1.165, 1.54) is 5.56 Å². The zero-order chi connectivity index (χ0) is 16.1. The fourth-order valence-electron chi connectivity index (χ4n) is 2.85. The molecule has 2 aromatic rings. The Morgan fingerprint density at radius 3 is 2.55 bits per heavy atom. The van der Waals surface area contributed by atoms with Crippen LogP contribution < -0.4 is 5.32 Å². The third kappa shape index (κ3) is 3.75. The van der Waals surface area contributed by atoms with Gasteiger partial charge in [0.05, 0.1) is 11.6 Å². The van der Waals surface area contributed by atoms with Gasteiger partial charge in [0.25, 0.3) is 0 Å². The molecule has 118 valence electrons. The molecule has 0 aliphatic carbocycles. The number of carbonyl (C=O) groups excluding carboxylic acids is 1. The van der Waals surface area contributed by atoms with E-state index in [2.05, 4.69) is 22.5 Å². The summed E-state index contributed by atoms with van der Waals surface area (Å²) in [4.78, 5) is 12.3. The maximum atomic E-state index is 12.3. The summed E-state index contributed by atoms with van der Waals surface area (Å²) in [5.41, 5.74) is 4.35. The summed E-state index contributed by atoms with van der Waals surface area (Å²) in [7, 11) is 1.91. The van der Waals surface area contributed by atoms with Crippen LogP contribution in [0, 0.1) is 13.8 Å². The van der Waals surface area contributed by atoms with Gasteiger partial charge in [-0.25, -0.2) is 0 Å². The molecule has 0 fully saturated rings. The van der Waals surface area contributed by atoms with Crippen LogP contribution in [0.25, 0.3) is 0 Å². The van der Waals surface area contributed by atoms with Gasteiger partial charge in [-0.1, -0.05) is 30.3 Å². The molecule has 0 saturated heterocycles. The molecule has 0 unspecified atom stereocenters. The first kappa shape index (κ1) is 16.3. The van der Waals surface area contributed by atoms with Crippen LogP contribution in [0.15, 0.2) is 30.3 Å². The van der Waals surface area contributed by atoms with E-state index in [0.717, 1.165) is 29.8 Å². The minimum Gasteiger partial charge on any atom is -0.356 e. The van der Waals surface area contributed by atoms with Crippen molar-refractivity contribution in [1.29, 1.82) is 0 Å². The molecule has 2 rings (SSSR count). The minimum atomic E-state index is -0.162. The van der Waals surface area contributed by atoms with Crippen molar-refractivity contribution in [1.82, 2.24) is 15.1 Å². The van der Waals surface area contributed by atoms with Gasteiger partial charge in [0, 0.05) is 24.8 Å². The predicted molar refractivity (Wildman–Crippen MR) is 88.9 cm³/mol. The zero-order valence-corrected chi connectivity index (χ0v) is 13.9. The lowest BCUT2D eigenvalue weighted by Crippen LogP contribution is -2.29. The van der Waals surface area contributed by atoms with Crippen molar-refractivity contribution in [2.45, 2.75) is 39.5 Å². The van der Waals surface area contributed by atoms with E-state index in [9.17, 15) is 4.79 Å². The molecule has 1 amide bonds. The number of nitrogens with one attached hydrogen (secondary N) is 1. The summed E-state index contributed by atoms with van der Waals surface area (Å²) in [5.74, 6) is -0.0855. The Balaban J connectivity index is 1.84. The van der Waals surface area contributed by atoms with Crippen LogP contribution in [0.4, 0.5) is 0 Å². The molecule has 0 radical (unpaired) electrons. The van der Waals surface area contributed by atoms with Gasteiger partial charge in [-0.15, -0.1) is 0 Å². The van der Waals surface area contributed by atoms with E-state index in [1.807, 2.05) is 50.7 Å².